The quantitative estimate of drug-likeness (QED) is 0.831. The van der Waals surface area contributed by atoms with Gasteiger partial charge in [0.05, 0.1) is 5.92 Å². The maximum atomic E-state index is 11.9. The number of hydrogen-bond acceptors (Lipinski definition) is 3. The third kappa shape index (κ3) is 2.55. The lowest BCUT2D eigenvalue weighted by Crippen LogP contribution is -2.48. The van der Waals surface area contributed by atoms with Crippen LogP contribution in [0, 0.1) is 5.92 Å². The minimum atomic E-state index is -1.45. The molecule has 1 aliphatic carbocycles. The van der Waals surface area contributed by atoms with Crippen molar-refractivity contribution in [3.05, 3.63) is 35.4 Å². The van der Waals surface area contributed by atoms with E-state index in [9.17, 15) is 24.6 Å². The number of hydrogen-bond donors (Lipinski definition) is 2. The van der Waals surface area contributed by atoms with Crippen molar-refractivity contribution in [2.24, 2.45) is 5.92 Å². The van der Waals surface area contributed by atoms with E-state index in [1.54, 1.807) is 18.2 Å². The van der Waals surface area contributed by atoms with Crippen LogP contribution in [-0.2, 0) is 15.0 Å². The summed E-state index contributed by atoms with van der Waals surface area (Å²) in [6.07, 6.45) is 1.99. The number of benzene rings is 1. The van der Waals surface area contributed by atoms with Gasteiger partial charge < -0.3 is 10.2 Å². The van der Waals surface area contributed by atoms with Crippen LogP contribution in [0.3, 0.4) is 0 Å². The first-order valence-electron chi connectivity index (χ1n) is 6.97. The molecule has 0 bridgehead atoms. The molecule has 5 heteroatoms. The van der Waals surface area contributed by atoms with Crippen LogP contribution < -0.4 is 0 Å². The Kier molecular flexibility index (Phi) is 4.11. The zero-order valence-corrected chi connectivity index (χ0v) is 11.8. The number of rotatable bonds is 4. The maximum Gasteiger partial charge on any atom is 0.315 e. The summed E-state index contributed by atoms with van der Waals surface area (Å²) >= 11 is 0. The lowest BCUT2D eigenvalue weighted by atomic mass is 9.62. The van der Waals surface area contributed by atoms with Gasteiger partial charge in [0.25, 0.3) is 0 Å². The predicted molar refractivity (Wildman–Crippen MR) is 75.4 cm³/mol. The van der Waals surface area contributed by atoms with Crippen molar-refractivity contribution in [1.82, 2.24) is 0 Å². The van der Waals surface area contributed by atoms with Gasteiger partial charge in [0.2, 0.25) is 0 Å². The van der Waals surface area contributed by atoms with E-state index in [1.165, 1.54) is 13.0 Å². The molecule has 21 heavy (non-hydrogen) atoms. The lowest BCUT2D eigenvalue weighted by molar-refractivity contribution is -0.158. The summed E-state index contributed by atoms with van der Waals surface area (Å²) in [5.41, 5.74) is -0.632. The number of Topliss-reactive ketones (excluding diaryl/α,β-unsaturated/α-hetero) is 1. The van der Waals surface area contributed by atoms with Crippen LogP contribution in [0.15, 0.2) is 24.3 Å². The number of ketones is 1. The topological polar surface area (TPSA) is 91.7 Å². The summed E-state index contributed by atoms with van der Waals surface area (Å²) < 4.78 is 0. The van der Waals surface area contributed by atoms with Gasteiger partial charge in [-0.15, -0.1) is 0 Å². The Labute approximate surface area is 122 Å². The number of carbonyl (C=O) groups is 3. The first-order chi connectivity index (χ1) is 9.89. The van der Waals surface area contributed by atoms with E-state index in [1.807, 2.05) is 0 Å². The highest BCUT2D eigenvalue weighted by atomic mass is 16.4. The van der Waals surface area contributed by atoms with Crippen molar-refractivity contribution < 1.29 is 24.6 Å². The van der Waals surface area contributed by atoms with Crippen LogP contribution in [-0.4, -0.2) is 27.9 Å². The molecule has 1 fully saturated rings. The third-order valence-corrected chi connectivity index (χ3v) is 4.37. The molecule has 5 nitrogen and oxygen atoms in total. The van der Waals surface area contributed by atoms with Gasteiger partial charge in [-0.3, -0.25) is 14.4 Å². The Balaban J connectivity index is 2.61. The second-order valence-corrected chi connectivity index (χ2v) is 5.55. The Morgan fingerprint density at radius 1 is 1.19 bits per heavy atom. The molecule has 0 amide bonds. The molecule has 2 atom stereocenters. The molecule has 2 rings (SSSR count). The molecule has 112 valence electrons. The van der Waals surface area contributed by atoms with Crippen molar-refractivity contribution in [3.8, 4) is 0 Å². The van der Waals surface area contributed by atoms with E-state index < -0.39 is 23.3 Å². The molecule has 0 aliphatic heterocycles. The molecule has 0 spiro atoms. The standard InChI is InChI=1S/C16H18O5/c1-10(17)11-5-4-6-12(9-11)16(15(20)21)8-3-2-7-13(16)14(18)19/h4-6,9,13H,2-3,7-8H2,1H3,(H,18,19)(H,20,21). The summed E-state index contributed by atoms with van der Waals surface area (Å²) in [6, 6.07) is 6.36. The van der Waals surface area contributed by atoms with Crippen molar-refractivity contribution in [1.29, 1.82) is 0 Å². The molecule has 0 radical (unpaired) electrons. The number of carboxylic acids is 2. The molecule has 1 aromatic carbocycles. The fraction of sp³-hybridized carbons (Fsp3) is 0.438. The Bertz CT molecular complexity index is 592. The van der Waals surface area contributed by atoms with Crippen molar-refractivity contribution >= 4 is 17.7 Å². The summed E-state index contributed by atoms with van der Waals surface area (Å²) in [5, 5.41) is 19.2. The Hall–Kier alpha value is -2.17. The molecular weight excluding hydrogens is 272 g/mol. The SMILES string of the molecule is CC(=O)c1cccc(C2(C(=O)O)CCCCC2C(=O)O)c1. The zero-order valence-electron chi connectivity index (χ0n) is 11.8. The van der Waals surface area contributed by atoms with Gasteiger partial charge in [-0.25, -0.2) is 0 Å². The van der Waals surface area contributed by atoms with E-state index in [2.05, 4.69) is 0 Å². The normalized spacial score (nSPS) is 25.3. The first-order valence-corrected chi connectivity index (χ1v) is 6.97. The van der Waals surface area contributed by atoms with Gasteiger partial charge >= 0.3 is 11.9 Å². The molecule has 2 unspecified atom stereocenters. The molecule has 2 N–H and O–H groups in total. The van der Waals surface area contributed by atoms with Gasteiger partial charge in [0.15, 0.2) is 5.78 Å². The highest BCUT2D eigenvalue weighted by Crippen LogP contribution is 2.44. The fourth-order valence-electron chi connectivity index (χ4n) is 3.25. The first kappa shape index (κ1) is 15.2. The maximum absolute atomic E-state index is 11.9. The van der Waals surface area contributed by atoms with E-state index in [4.69, 9.17) is 0 Å². The minimum absolute atomic E-state index is 0.167. The van der Waals surface area contributed by atoms with Crippen molar-refractivity contribution in [2.45, 2.75) is 38.0 Å². The Morgan fingerprint density at radius 2 is 1.90 bits per heavy atom. The molecule has 0 aromatic heterocycles. The fourth-order valence-corrected chi connectivity index (χ4v) is 3.25. The molecule has 1 aromatic rings. The average molecular weight is 290 g/mol. The third-order valence-electron chi connectivity index (χ3n) is 4.37. The van der Waals surface area contributed by atoms with Gasteiger partial charge in [0.1, 0.15) is 5.41 Å². The van der Waals surface area contributed by atoms with E-state index in [0.29, 0.717) is 30.4 Å². The minimum Gasteiger partial charge on any atom is -0.481 e. The molecule has 0 heterocycles. The van der Waals surface area contributed by atoms with Gasteiger partial charge in [0, 0.05) is 5.56 Å². The number of aliphatic carboxylic acids is 2. The van der Waals surface area contributed by atoms with Crippen LogP contribution in [0.2, 0.25) is 0 Å². The summed E-state index contributed by atoms with van der Waals surface area (Å²) in [7, 11) is 0. The van der Waals surface area contributed by atoms with Gasteiger partial charge in [-0.2, -0.15) is 0 Å². The Morgan fingerprint density at radius 3 is 2.48 bits per heavy atom. The van der Waals surface area contributed by atoms with Crippen molar-refractivity contribution in [3.63, 3.8) is 0 Å². The summed E-state index contributed by atoms with van der Waals surface area (Å²) in [5.74, 6) is -3.35. The lowest BCUT2D eigenvalue weighted by Gasteiger charge is -2.39. The summed E-state index contributed by atoms with van der Waals surface area (Å²) in [6.45, 7) is 1.40. The molecular formula is C16H18O5. The van der Waals surface area contributed by atoms with E-state index in [-0.39, 0.29) is 12.2 Å². The highest BCUT2D eigenvalue weighted by molar-refractivity contribution is 5.95. The average Bonchev–Trinajstić information content (AvgIpc) is 2.46. The number of carbonyl (C=O) groups excluding carboxylic acids is 1. The monoisotopic (exact) mass is 290 g/mol. The largest absolute Gasteiger partial charge is 0.481 e. The molecule has 1 aliphatic rings. The van der Waals surface area contributed by atoms with E-state index in [0.717, 1.165) is 0 Å². The zero-order chi connectivity index (χ0) is 15.6. The molecule has 1 saturated carbocycles. The second kappa shape index (κ2) is 5.68. The second-order valence-electron chi connectivity index (χ2n) is 5.55. The van der Waals surface area contributed by atoms with Crippen molar-refractivity contribution in [2.75, 3.05) is 0 Å². The van der Waals surface area contributed by atoms with Crippen LogP contribution in [0.25, 0.3) is 0 Å². The van der Waals surface area contributed by atoms with Gasteiger partial charge in [-0.05, 0) is 31.4 Å². The van der Waals surface area contributed by atoms with Gasteiger partial charge in [-0.1, -0.05) is 31.0 Å². The number of carboxylic acid groups (broad SMARTS) is 2. The smallest absolute Gasteiger partial charge is 0.315 e. The summed E-state index contributed by atoms with van der Waals surface area (Å²) in [4.78, 5) is 35.0. The van der Waals surface area contributed by atoms with Crippen LogP contribution in [0.4, 0.5) is 0 Å². The van der Waals surface area contributed by atoms with Crippen LogP contribution >= 0.6 is 0 Å². The van der Waals surface area contributed by atoms with Crippen LogP contribution in [0.1, 0.15) is 48.5 Å². The highest BCUT2D eigenvalue weighted by Gasteiger charge is 2.52. The molecule has 0 saturated heterocycles. The van der Waals surface area contributed by atoms with Crippen LogP contribution in [0.5, 0.6) is 0 Å². The van der Waals surface area contributed by atoms with E-state index >= 15 is 0 Å². The predicted octanol–water partition coefficient (Wildman–Crippen LogP) is 2.49.